The standard InChI is InChI=1S/C15H20N4O2/c1-9(2)13-6-5-12(7-10(13)3)21-11(4)14(20)18-15-16-8-17-19-15/h5-9,11H,1-4H3,(H2,16,17,18,19,20). The van der Waals surface area contributed by atoms with Crippen LogP contribution in [0, 0.1) is 6.92 Å². The molecule has 2 N–H and O–H groups in total. The Balaban J connectivity index is 2.00. The Hall–Kier alpha value is -2.37. The van der Waals surface area contributed by atoms with Crippen LogP contribution in [0.1, 0.15) is 37.8 Å². The van der Waals surface area contributed by atoms with Crippen LogP contribution in [0.25, 0.3) is 0 Å². The van der Waals surface area contributed by atoms with Gasteiger partial charge in [-0.1, -0.05) is 19.9 Å². The summed E-state index contributed by atoms with van der Waals surface area (Å²) in [6.07, 6.45) is 0.703. The Kier molecular flexibility index (Phi) is 4.57. The third-order valence-electron chi connectivity index (χ3n) is 3.20. The molecule has 0 saturated heterocycles. The van der Waals surface area contributed by atoms with Gasteiger partial charge < -0.3 is 4.74 Å². The van der Waals surface area contributed by atoms with E-state index in [1.54, 1.807) is 6.92 Å². The van der Waals surface area contributed by atoms with Crippen LogP contribution in [0.4, 0.5) is 5.95 Å². The Morgan fingerprint density at radius 3 is 2.67 bits per heavy atom. The molecule has 2 rings (SSSR count). The van der Waals surface area contributed by atoms with E-state index in [4.69, 9.17) is 4.74 Å². The first-order chi connectivity index (χ1) is 9.97. The summed E-state index contributed by atoms with van der Waals surface area (Å²) in [5.74, 6) is 1.17. The Labute approximate surface area is 123 Å². The molecule has 0 aliphatic rings. The molecule has 1 unspecified atom stereocenters. The second-order valence-electron chi connectivity index (χ2n) is 5.26. The number of nitrogens with one attached hydrogen (secondary N) is 2. The summed E-state index contributed by atoms with van der Waals surface area (Å²) in [5, 5.41) is 8.82. The number of H-pyrrole nitrogens is 1. The number of aryl methyl sites for hydroxylation is 1. The molecule has 0 radical (unpaired) electrons. The lowest BCUT2D eigenvalue weighted by Crippen LogP contribution is -2.30. The lowest BCUT2D eigenvalue weighted by Gasteiger charge is -2.16. The third-order valence-corrected chi connectivity index (χ3v) is 3.20. The monoisotopic (exact) mass is 288 g/mol. The molecule has 1 aromatic heterocycles. The number of aromatic nitrogens is 3. The van der Waals surface area contributed by atoms with E-state index < -0.39 is 6.10 Å². The van der Waals surface area contributed by atoms with E-state index in [0.29, 0.717) is 17.6 Å². The van der Waals surface area contributed by atoms with Gasteiger partial charge in [0.2, 0.25) is 5.95 Å². The molecule has 2 aromatic rings. The van der Waals surface area contributed by atoms with Gasteiger partial charge in [0.1, 0.15) is 12.1 Å². The molecule has 1 heterocycles. The van der Waals surface area contributed by atoms with Crippen molar-refractivity contribution in [1.82, 2.24) is 15.2 Å². The van der Waals surface area contributed by atoms with Crippen molar-refractivity contribution < 1.29 is 9.53 Å². The maximum atomic E-state index is 12.0. The lowest BCUT2D eigenvalue weighted by atomic mass is 9.98. The molecule has 6 heteroatoms. The second-order valence-corrected chi connectivity index (χ2v) is 5.26. The highest BCUT2D eigenvalue weighted by Gasteiger charge is 2.16. The first-order valence-electron chi connectivity index (χ1n) is 6.90. The topological polar surface area (TPSA) is 79.9 Å². The fourth-order valence-electron chi connectivity index (χ4n) is 2.11. The number of rotatable bonds is 5. The van der Waals surface area contributed by atoms with Gasteiger partial charge in [-0.25, -0.2) is 5.10 Å². The number of hydrogen-bond acceptors (Lipinski definition) is 4. The number of amides is 1. The minimum absolute atomic E-state index is 0.280. The maximum Gasteiger partial charge on any atom is 0.267 e. The van der Waals surface area contributed by atoms with E-state index in [2.05, 4.69) is 34.3 Å². The normalized spacial score (nSPS) is 12.2. The molecule has 1 aromatic carbocycles. The first-order valence-corrected chi connectivity index (χ1v) is 6.90. The largest absolute Gasteiger partial charge is 0.481 e. The van der Waals surface area contributed by atoms with Crippen molar-refractivity contribution in [1.29, 1.82) is 0 Å². The molecule has 0 fully saturated rings. The van der Waals surface area contributed by atoms with E-state index in [1.165, 1.54) is 11.9 Å². The van der Waals surface area contributed by atoms with Crippen molar-refractivity contribution >= 4 is 11.9 Å². The van der Waals surface area contributed by atoms with Gasteiger partial charge in [0, 0.05) is 0 Å². The summed E-state index contributed by atoms with van der Waals surface area (Å²) >= 11 is 0. The molecular formula is C15H20N4O2. The fourth-order valence-corrected chi connectivity index (χ4v) is 2.11. The first kappa shape index (κ1) is 15.0. The second kappa shape index (κ2) is 6.39. The predicted molar refractivity (Wildman–Crippen MR) is 80.4 cm³/mol. The highest BCUT2D eigenvalue weighted by atomic mass is 16.5. The quantitative estimate of drug-likeness (QED) is 0.886. The Morgan fingerprint density at radius 2 is 2.10 bits per heavy atom. The van der Waals surface area contributed by atoms with Crippen molar-refractivity contribution in [3.05, 3.63) is 35.7 Å². The van der Waals surface area contributed by atoms with Crippen LogP contribution in [0.15, 0.2) is 24.5 Å². The molecular weight excluding hydrogens is 268 g/mol. The fraction of sp³-hybridized carbons (Fsp3) is 0.400. The van der Waals surface area contributed by atoms with Crippen LogP contribution in [-0.4, -0.2) is 27.2 Å². The van der Waals surface area contributed by atoms with E-state index >= 15 is 0 Å². The molecule has 1 amide bonds. The van der Waals surface area contributed by atoms with Gasteiger partial charge in [0.25, 0.3) is 5.91 Å². The van der Waals surface area contributed by atoms with Gasteiger partial charge >= 0.3 is 0 Å². The number of benzene rings is 1. The molecule has 0 aliphatic carbocycles. The molecule has 0 saturated carbocycles. The van der Waals surface area contributed by atoms with Gasteiger partial charge in [0.05, 0.1) is 0 Å². The predicted octanol–water partition coefficient (Wildman–Crippen LogP) is 2.64. The number of hydrogen-bond donors (Lipinski definition) is 2. The zero-order chi connectivity index (χ0) is 15.4. The van der Waals surface area contributed by atoms with Crippen molar-refractivity contribution in [2.24, 2.45) is 0 Å². The van der Waals surface area contributed by atoms with E-state index in [0.717, 1.165) is 5.56 Å². The summed E-state index contributed by atoms with van der Waals surface area (Å²) in [4.78, 5) is 15.8. The van der Waals surface area contributed by atoms with Crippen LogP contribution in [0.2, 0.25) is 0 Å². The average molecular weight is 288 g/mol. The van der Waals surface area contributed by atoms with E-state index in [1.807, 2.05) is 25.1 Å². The number of nitrogens with zero attached hydrogens (tertiary/aromatic N) is 2. The molecule has 6 nitrogen and oxygen atoms in total. The van der Waals surface area contributed by atoms with Crippen LogP contribution >= 0.6 is 0 Å². The number of carbonyl (C=O) groups is 1. The van der Waals surface area contributed by atoms with E-state index in [9.17, 15) is 4.79 Å². The zero-order valence-corrected chi connectivity index (χ0v) is 12.7. The van der Waals surface area contributed by atoms with Crippen molar-refractivity contribution in [3.8, 4) is 5.75 Å². The summed E-state index contributed by atoms with van der Waals surface area (Å²) in [6, 6.07) is 5.88. The van der Waals surface area contributed by atoms with Gasteiger partial charge in [0.15, 0.2) is 6.10 Å². The summed E-state index contributed by atoms with van der Waals surface area (Å²) < 4.78 is 5.67. The summed E-state index contributed by atoms with van der Waals surface area (Å²) in [5.41, 5.74) is 2.44. The SMILES string of the molecule is Cc1cc(OC(C)C(=O)Nc2ncn[nH]2)ccc1C(C)C. The highest BCUT2D eigenvalue weighted by molar-refractivity contribution is 5.92. The minimum Gasteiger partial charge on any atom is -0.481 e. The molecule has 0 spiro atoms. The molecule has 0 aliphatic heterocycles. The Morgan fingerprint density at radius 1 is 1.33 bits per heavy atom. The van der Waals surface area contributed by atoms with Crippen LogP contribution < -0.4 is 10.1 Å². The van der Waals surface area contributed by atoms with Gasteiger partial charge in [-0.3, -0.25) is 10.1 Å². The minimum atomic E-state index is -0.626. The smallest absolute Gasteiger partial charge is 0.267 e. The average Bonchev–Trinajstić information content (AvgIpc) is 2.91. The molecule has 0 bridgehead atoms. The van der Waals surface area contributed by atoms with Gasteiger partial charge in [-0.2, -0.15) is 10.1 Å². The zero-order valence-electron chi connectivity index (χ0n) is 12.7. The van der Waals surface area contributed by atoms with Crippen LogP contribution in [-0.2, 0) is 4.79 Å². The molecule has 1 atom stereocenters. The van der Waals surface area contributed by atoms with Crippen molar-refractivity contribution in [2.75, 3.05) is 5.32 Å². The third kappa shape index (κ3) is 3.81. The molecule has 112 valence electrons. The summed E-state index contributed by atoms with van der Waals surface area (Å²) in [7, 11) is 0. The van der Waals surface area contributed by atoms with Gasteiger partial charge in [-0.05, 0) is 43.0 Å². The van der Waals surface area contributed by atoms with Gasteiger partial charge in [-0.15, -0.1) is 0 Å². The highest BCUT2D eigenvalue weighted by Crippen LogP contribution is 2.24. The van der Waals surface area contributed by atoms with Crippen LogP contribution in [0.3, 0.4) is 0 Å². The summed E-state index contributed by atoms with van der Waals surface area (Å²) in [6.45, 7) is 8.03. The number of aromatic amines is 1. The number of carbonyl (C=O) groups excluding carboxylic acids is 1. The lowest BCUT2D eigenvalue weighted by molar-refractivity contribution is -0.122. The molecule has 21 heavy (non-hydrogen) atoms. The Bertz CT molecular complexity index is 608. The van der Waals surface area contributed by atoms with E-state index in [-0.39, 0.29) is 5.91 Å². The number of anilines is 1. The van der Waals surface area contributed by atoms with Crippen molar-refractivity contribution in [3.63, 3.8) is 0 Å². The van der Waals surface area contributed by atoms with Crippen molar-refractivity contribution in [2.45, 2.75) is 39.7 Å². The van der Waals surface area contributed by atoms with Crippen LogP contribution in [0.5, 0.6) is 5.75 Å². The number of ether oxygens (including phenoxy) is 1. The maximum absolute atomic E-state index is 12.0.